The van der Waals surface area contributed by atoms with Gasteiger partial charge in [-0.3, -0.25) is 9.59 Å². The number of aromatic amines is 1. The van der Waals surface area contributed by atoms with E-state index in [0.717, 1.165) is 60.4 Å². The zero-order valence-electron chi connectivity index (χ0n) is 16.6. The molecular formula is C22H26FN3O2. The van der Waals surface area contributed by atoms with Gasteiger partial charge in [-0.15, -0.1) is 0 Å². The fourth-order valence-corrected chi connectivity index (χ4v) is 3.78. The Morgan fingerprint density at radius 2 is 2.04 bits per heavy atom. The molecule has 28 heavy (non-hydrogen) atoms. The Labute approximate surface area is 164 Å². The van der Waals surface area contributed by atoms with Gasteiger partial charge in [0, 0.05) is 35.7 Å². The molecule has 0 saturated carbocycles. The molecule has 1 aromatic heterocycles. The van der Waals surface area contributed by atoms with Crippen molar-refractivity contribution in [1.29, 1.82) is 0 Å². The van der Waals surface area contributed by atoms with E-state index in [1.54, 1.807) is 0 Å². The molecule has 2 heterocycles. The number of hydrogen-bond donors (Lipinski definition) is 2. The van der Waals surface area contributed by atoms with Gasteiger partial charge in [0.2, 0.25) is 6.41 Å². The number of benzene rings is 1. The number of H-pyrrole nitrogens is 1. The standard InChI is InChI=1S/C22H26FN3O2/c1-4-18-21(22(28)26-9-5-6-10-26)15(3)20(25-18)11-14(2)17-12-16(23)7-8-19(17)24-13-27/h7-8,11-13,25H,4-6,9-10H2,1-3H3,(H,24,27)/b14-11+. The van der Waals surface area contributed by atoms with Crippen LogP contribution in [0.15, 0.2) is 18.2 Å². The summed E-state index contributed by atoms with van der Waals surface area (Å²) < 4.78 is 13.8. The maximum Gasteiger partial charge on any atom is 0.255 e. The van der Waals surface area contributed by atoms with Crippen LogP contribution in [-0.2, 0) is 11.2 Å². The molecule has 1 fully saturated rings. The lowest BCUT2D eigenvalue weighted by molar-refractivity contribution is -0.105. The predicted octanol–water partition coefficient (Wildman–Crippen LogP) is 4.39. The Morgan fingerprint density at radius 3 is 2.68 bits per heavy atom. The second-order valence-electron chi connectivity index (χ2n) is 7.15. The second-order valence-corrected chi connectivity index (χ2v) is 7.15. The molecule has 1 aliphatic rings. The molecule has 3 rings (SSSR count). The Bertz CT molecular complexity index is 924. The maximum absolute atomic E-state index is 13.8. The number of nitrogens with zero attached hydrogens (tertiary/aromatic N) is 1. The number of rotatable bonds is 6. The van der Waals surface area contributed by atoms with E-state index in [1.807, 2.05) is 31.7 Å². The van der Waals surface area contributed by atoms with Gasteiger partial charge in [-0.25, -0.2) is 4.39 Å². The highest BCUT2D eigenvalue weighted by Crippen LogP contribution is 2.29. The molecule has 0 unspecified atom stereocenters. The predicted molar refractivity (Wildman–Crippen MR) is 110 cm³/mol. The molecule has 2 N–H and O–H groups in total. The zero-order valence-corrected chi connectivity index (χ0v) is 16.6. The number of anilines is 1. The monoisotopic (exact) mass is 383 g/mol. The summed E-state index contributed by atoms with van der Waals surface area (Å²) in [5, 5.41) is 2.61. The maximum atomic E-state index is 13.8. The number of hydrogen-bond acceptors (Lipinski definition) is 2. The van der Waals surface area contributed by atoms with Gasteiger partial charge in [0.25, 0.3) is 5.91 Å². The van der Waals surface area contributed by atoms with Gasteiger partial charge in [0.15, 0.2) is 0 Å². The van der Waals surface area contributed by atoms with Gasteiger partial charge >= 0.3 is 0 Å². The minimum atomic E-state index is -0.374. The summed E-state index contributed by atoms with van der Waals surface area (Å²) in [4.78, 5) is 29.1. The van der Waals surface area contributed by atoms with Crippen LogP contribution >= 0.6 is 0 Å². The van der Waals surface area contributed by atoms with Crippen molar-refractivity contribution < 1.29 is 14.0 Å². The van der Waals surface area contributed by atoms with E-state index < -0.39 is 0 Å². The quantitative estimate of drug-likeness (QED) is 0.727. The smallest absolute Gasteiger partial charge is 0.255 e. The first-order valence-corrected chi connectivity index (χ1v) is 9.65. The minimum Gasteiger partial charge on any atom is -0.358 e. The van der Waals surface area contributed by atoms with Crippen LogP contribution in [0.4, 0.5) is 10.1 Å². The fraction of sp³-hybridized carbons (Fsp3) is 0.364. The molecule has 0 spiro atoms. The highest BCUT2D eigenvalue weighted by Gasteiger charge is 2.25. The van der Waals surface area contributed by atoms with Crippen LogP contribution in [0, 0.1) is 12.7 Å². The van der Waals surface area contributed by atoms with Crippen LogP contribution in [0.1, 0.15) is 59.6 Å². The number of allylic oxidation sites excluding steroid dienone is 1. The third-order valence-electron chi connectivity index (χ3n) is 5.31. The molecule has 0 radical (unpaired) electrons. The van der Waals surface area contributed by atoms with Crippen molar-refractivity contribution in [3.05, 3.63) is 52.1 Å². The highest BCUT2D eigenvalue weighted by atomic mass is 19.1. The largest absolute Gasteiger partial charge is 0.358 e. The van der Waals surface area contributed by atoms with E-state index in [1.165, 1.54) is 18.2 Å². The van der Waals surface area contributed by atoms with E-state index in [-0.39, 0.29) is 11.7 Å². The molecule has 148 valence electrons. The lowest BCUT2D eigenvalue weighted by Gasteiger charge is -2.16. The average Bonchev–Trinajstić information content (AvgIpc) is 3.31. The number of nitrogens with one attached hydrogen (secondary N) is 2. The molecule has 0 atom stereocenters. The fourth-order valence-electron chi connectivity index (χ4n) is 3.78. The minimum absolute atomic E-state index is 0.0782. The van der Waals surface area contributed by atoms with Gasteiger partial charge in [-0.05, 0) is 68.5 Å². The summed E-state index contributed by atoms with van der Waals surface area (Å²) in [6.45, 7) is 7.43. The number of halogens is 1. The number of amides is 2. The van der Waals surface area contributed by atoms with E-state index in [4.69, 9.17) is 0 Å². The summed E-state index contributed by atoms with van der Waals surface area (Å²) in [5.41, 5.74) is 5.32. The van der Waals surface area contributed by atoms with E-state index in [0.29, 0.717) is 17.7 Å². The number of carbonyl (C=O) groups excluding carboxylic acids is 2. The van der Waals surface area contributed by atoms with Crippen molar-refractivity contribution in [2.75, 3.05) is 18.4 Å². The van der Waals surface area contributed by atoms with Gasteiger partial charge in [-0.1, -0.05) is 6.92 Å². The Kier molecular flexibility index (Phi) is 5.97. The molecule has 6 heteroatoms. The molecular weight excluding hydrogens is 357 g/mol. The van der Waals surface area contributed by atoms with Crippen LogP contribution in [0.25, 0.3) is 11.6 Å². The molecule has 0 aliphatic carbocycles. The van der Waals surface area contributed by atoms with Crippen molar-refractivity contribution in [2.45, 2.75) is 40.0 Å². The lowest BCUT2D eigenvalue weighted by atomic mass is 10.0. The van der Waals surface area contributed by atoms with E-state index in [9.17, 15) is 14.0 Å². The molecule has 0 bridgehead atoms. The summed E-state index contributed by atoms with van der Waals surface area (Å²) in [7, 11) is 0. The first-order chi connectivity index (χ1) is 13.5. The highest BCUT2D eigenvalue weighted by molar-refractivity contribution is 5.99. The van der Waals surface area contributed by atoms with Gasteiger partial charge in [0.05, 0.1) is 5.56 Å². The van der Waals surface area contributed by atoms with Crippen LogP contribution in [0.2, 0.25) is 0 Å². The van der Waals surface area contributed by atoms with Crippen LogP contribution < -0.4 is 5.32 Å². The third-order valence-corrected chi connectivity index (χ3v) is 5.31. The summed E-state index contributed by atoms with van der Waals surface area (Å²) in [6, 6.07) is 4.25. The van der Waals surface area contributed by atoms with Crippen LogP contribution in [0.5, 0.6) is 0 Å². The summed E-state index contributed by atoms with van der Waals surface area (Å²) >= 11 is 0. The molecule has 1 saturated heterocycles. The first kappa shape index (κ1) is 19.9. The van der Waals surface area contributed by atoms with Crippen LogP contribution in [0.3, 0.4) is 0 Å². The lowest BCUT2D eigenvalue weighted by Crippen LogP contribution is -2.28. The van der Waals surface area contributed by atoms with Crippen molar-refractivity contribution in [1.82, 2.24) is 9.88 Å². The number of aryl methyl sites for hydroxylation is 1. The molecule has 1 aliphatic heterocycles. The number of likely N-dealkylation sites (tertiary alicyclic amines) is 1. The van der Waals surface area contributed by atoms with Crippen molar-refractivity contribution in [3.8, 4) is 0 Å². The molecule has 2 amide bonds. The summed E-state index contributed by atoms with van der Waals surface area (Å²) in [5.74, 6) is -0.295. The first-order valence-electron chi connectivity index (χ1n) is 9.65. The molecule has 5 nitrogen and oxygen atoms in total. The number of aromatic nitrogens is 1. The average molecular weight is 383 g/mol. The van der Waals surface area contributed by atoms with Crippen molar-refractivity contribution in [3.63, 3.8) is 0 Å². The van der Waals surface area contributed by atoms with Crippen LogP contribution in [-0.4, -0.2) is 35.3 Å². The zero-order chi connectivity index (χ0) is 20.3. The normalized spacial score (nSPS) is 14.4. The van der Waals surface area contributed by atoms with Gasteiger partial charge < -0.3 is 15.2 Å². The van der Waals surface area contributed by atoms with Gasteiger partial charge in [-0.2, -0.15) is 0 Å². The Balaban J connectivity index is 2.01. The number of carbonyl (C=O) groups is 2. The topological polar surface area (TPSA) is 65.2 Å². The Hall–Kier alpha value is -2.89. The van der Waals surface area contributed by atoms with Gasteiger partial charge in [0.1, 0.15) is 5.82 Å². The molecule has 1 aromatic carbocycles. The van der Waals surface area contributed by atoms with E-state index >= 15 is 0 Å². The third kappa shape index (κ3) is 3.86. The molecule has 2 aromatic rings. The summed E-state index contributed by atoms with van der Waals surface area (Å²) in [6.07, 6.45) is 5.30. The van der Waals surface area contributed by atoms with Crippen molar-refractivity contribution in [2.24, 2.45) is 0 Å². The SMILES string of the molecule is CCc1[nH]c(/C=C(\C)c2cc(F)ccc2NC=O)c(C)c1C(=O)N1CCCC1. The van der Waals surface area contributed by atoms with E-state index in [2.05, 4.69) is 10.3 Å². The van der Waals surface area contributed by atoms with Crippen molar-refractivity contribution >= 4 is 29.7 Å². The second kappa shape index (κ2) is 8.42. The Morgan fingerprint density at radius 1 is 1.32 bits per heavy atom.